The van der Waals surface area contributed by atoms with Crippen LogP contribution in [0, 0.1) is 5.82 Å². The predicted molar refractivity (Wildman–Crippen MR) is 138 cm³/mol. The third-order valence-corrected chi connectivity index (χ3v) is 6.20. The lowest BCUT2D eigenvalue weighted by molar-refractivity contribution is -0.113. The third kappa shape index (κ3) is 5.05. The molecule has 0 spiro atoms. The van der Waals surface area contributed by atoms with E-state index in [1.54, 1.807) is 37.3 Å². The lowest BCUT2D eigenvalue weighted by Gasteiger charge is -2.27. The minimum atomic E-state index is -1.14. The molecule has 0 radical (unpaired) electrons. The van der Waals surface area contributed by atoms with Gasteiger partial charge in [-0.25, -0.2) is 24.2 Å². The number of aromatic carboxylic acids is 1. The number of nitrogens with one attached hydrogen (secondary N) is 3. The van der Waals surface area contributed by atoms with Crippen molar-refractivity contribution in [3.05, 3.63) is 99.6 Å². The van der Waals surface area contributed by atoms with Crippen molar-refractivity contribution in [3.8, 4) is 0 Å². The van der Waals surface area contributed by atoms with Crippen molar-refractivity contribution in [2.75, 3.05) is 5.32 Å². The van der Waals surface area contributed by atoms with Gasteiger partial charge < -0.3 is 21.1 Å². The van der Waals surface area contributed by atoms with Crippen LogP contribution in [-0.4, -0.2) is 33.8 Å². The average Bonchev–Trinajstić information content (AvgIpc) is 3.25. The van der Waals surface area contributed by atoms with E-state index in [0.717, 1.165) is 5.56 Å². The normalized spacial score (nSPS) is 16.4. The number of fused-ring (bicyclic) bond motifs is 1. The van der Waals surface area contributed by atoms with Crippen molar-refractivity contribution in [3.63, 3.8) is 0 Å². The molecule has 0 fully saturated rings. The van der Waals surface area contributed by atoms with Crippen LogP contribution in [0.3, 0.4) is 0 Å². The van der Waals surface area contributed by atoms with Crippen LogP contribution in [0.2, 0.25) is 5.02 Å². The molecule has 0 bridgehead atoms. The molecule has 3 heterocycles. The molecule has 0 saturated carbocycles. The van der Waals surface area contributed by atoms with Gasteiger partial charge in [0, 0.05) is 28.9 Å². The van der Waals surface area contributed by atoms with Crippen molar-refractivity contribution in [2.45, 2.75) is 19.4 Å². The number of amidine groups is 1. The van der Waals surface area contributed by atoms with Gasteiger partial charge in [-0.2, -0.15) is 0 Å². The van der Waals surface area contributed by atoms with Crippen LogP contribution >= 0.6 is 11.6 Å². The summed E-state index contributed by atoms with van der Waals surface area (Å²) in [6.07, 6.45) is 1.70. The number of carbonyl (C=O) groups excluding carboxylic acids is 1. The number of benzene rings is 2. The number of allylic oxidation sites excluding steroid dienone is 1. The van der Waals surface area contributed by atoms with E-state index in [1.165, 1.54) is 30.5 Å². The van der Waals surface area contributed by atoms with Gasteiger partial charge in [-0.1, -0.05) is 29.8 Å². The van der Waals surface area contributed by atoms with Gasteiger partial charge >= 0.3 is 5.97 Å². The highest BCUT2D eigenvalue weighted by atomic mass is 35.5. The number of guanidine groups is 1. The van der Waals surface area contributed by atoms with Crippen LogP contribution < -0.4 is 16.0 Å². The smallest absolute Gasteiger partial charge is 0.335 e. The molecule has 1 atom stereocenters. The predicted octanol–water partition coefficient (Wildman–Crippen LogP) is 4.36. The summed E-state index contributed by atoms with van der Waals surface area (Å²) >= 11 is 6.48. The van der Waals surface area contributed by atoms with E-state index in [-0.39, 0.29) is 22.8 Å². The molecule has 3 aromatic rings. The molecule has 4 N–H and O–H groups in total. The largest absolute Gasteiger partial charge is 0.478 e. The molecule has 2 aliphatic rings. The van der Waals surface area contributed by atoms with Crippen LogP contribution in [0.15, 0.2) is 82.0 Å². The van der Waals surface area contributed by atoms with Crippen molar-refractivity contribution in [1.82, 2.24) is 15.6 Å². The average molecular weight is 519 g/mol. The van der Waals surface area contributed by atoms with Gasteiger partial charge in [-0.05, 0) is 48.9 Å². The zero-order valence-corrected chi connectivity index (χ0v) is 20.2. The lowest BCUT2D eigenvalue weighted by Crippen LogP contribution is -2.44. The second-order valence-electron chi connectivity index (χ2n) is 8.39. The highest BCUT2D eigenvalue weighted by Gasteiger charge is 2.31. The van der Waals surface area contributed by atoms with E-state index in [9.17, 15) is 19.1 Å². The van der Waals surface area contributed by atoms with Gasteiger partial charge in [0.1, 0.15) is 23.5 Å². The standard InChI is InChI=1S/C26H20ClFN6O3/c1-13-22(24(35)32-20-11-14(25(36)37)8-9-29-20)23(17-4-2-3-5-18(17)27)34-26(30-13)33-21-12-15-10-16(28)6-7-19(15)31-21/h2-11,23H,12H2,1H3,(H,36,37)(H,29,32,35)(H2,30,31,33,34). The number of aromatic nitrogens is 1. The van der Waals surface area contributed by atoms with E-state index >= 15 is 0 Å². The Bertz CT molecular complexity index is 1530. The maximum absolute atomic E-state index is 13.6. The minimum Gasteiger partial charge on any atom is -0.478 e. The molecule has 2 aromatic carbocycles. The van der Waals surface area contributed by atoms with Gasteiger partial charge in [0.05, 0.1) is 16.8 Å². The van der Waals surface area contributed by atoms with Gasteiger partial charge in [0.2, 0.25) is 5.96 Å². The maximum atomic E-state index is 13.6. The first-order chi connectivity index (χ1) is 17.8. The fourth-order valence-corrected chi connectivity index (χ4v) is 4.39. The summed E-state index contributed by atoms with van der Waals surface area (Å²) in [6, 6.07) is 13.3. The Balaban J connectivity index is 1.45. The number of hydrogen-bond acceptors (Lipinski definition) is 7. The van der Waals surface area contributed by atoms with Crippen LogP contribution in [0.5, 0.6) is 0 Å². The fourth-order valence-electron chi connectivity index (χ4n) is 4.15. The summed E-state index contributed by atoms with van der Waals surface area (Å²) < 4.78 is 13.6. The molecule has 1 aromatic heterocycles. The second kappa shape index (κ2) is 9.82. The third-order valence-electron chi connectivity index (χ3n) is 5.85. The fraction of sp³-hybridized carbons (Fsp3) is 0.115. The first kappa shape index (κ1) is 24.1. The molecule has 186 valence electrons. The Hall–Kier alpha value is -4.57. The van der Waals surface area contributed by atoms with Crippen LogP contribution in [-0.2, 0) is 11.2 Å². The quantitative estimate of drug-likeness (QED) is 0.406. The van der Waals surface area contributed by atoms with Crippen molar-refractivity contribution in [1.29, 1.82) is 0 Å². The SMILES string of the molecule is CC1=C(C(=O)Nc2cc(C(=O)O)ccn2)C(c2ccccc2Cl)N=C(NC2=Nc3ccc(F)cc3C2)N1. The van der Waals surface area contributed by atoms with Gasteiger partial charge in [-0.3, -0.25) is 4.79 Å². The Morgan fingerprint density at radius 2 is 1.97 bits per heavy atom. The lowest BCUT2D eigenvalue weighted by atomic mass is 9.95. The van der Waals surface area contributed by atoms with E-state index in [0.29, 0.717) is 40.2 Å². The number of aliphatic imine (C=N–C) groups is 2. The highest BCUT2D eigenvalue weighted by Crippen LogP contribution is 2.35. The topological polar surface area (TPSA) is 128 Å². The Morgan fingerprint density at radius 1 is 1.16 bits per heavy atom. The molecule has 9 nitrogen and oxygen atoms in total. The summed E-state index contributed by atoms with van der Waals surface area (Å²) in [6.45, 7) is 1.72. The Morgan fingerprint density at radius 3 is 2.76 bits per heavy atom. The molecule has 0 saturated heterocycles. The van der Waals surface area contributed by atoms with E-state index in [1.807, 2.05) is 0 Å². The number of carboxylic acid groups (broad SMARTS) is 1. The van der Waals surface area contributed by atoms with Gasteiger partial charge in [-0.15, -0.1) is 0 Å². The zero-order chi connectivity index (χ0) is 26.1. The number of amides is 1. The molecule has 2 aliphatic heterocycles. The summed E-state index contributed by atoms with van der Waals surface area (Å²) in [4.78, 5) is 38.0. The molecular weight excluding hydrogens is 499 g/mol. The number of nitrogens with zero attached hydrogens (tertiary/aromatic N) is 3. The van der Waals surface area contributed by atoms with Crippen LogP contribution in [0.1, 0.15) is 34.5 Å². The number of anilines is 1. The number of carbonyl (C=O) groups is 2. The number of hydrogen-bond donors (Lipinski definition) is 4. The molecule has 37 heavy (non-hydrogen) atoms. The van der Waals surface area contributed by atoms with Crippen LogP contribution in [0.25, 0.3) is 0 Å². The summed E-state index contributed by atoms with van der Waals surface area (Å²) in [5.74, 6) is -0.992. The summed E-state index contributed by atoms with van der Waals surface area (Å²) in [7, 11) is 0. The minimum absolute atomic E-state index is 0.0110. The first-order valence-electron chi connectivity index (χ1n) is 11.2. The molecule has 11 heteroatoms. The molecule has 1 amide bonds. The monoisotopic (exact) mass is 518 g/mol. The number of carboxylic acids is 1. The number of rotatable bonds is 4. The second-order valence-corrected chi connectivity index (χ2v) is 8.79. The van der Waals surface area contributed by atoms with Gasteiger partial charge in [0.25, 0.3) is 5.91 Å². The van der Waals surface area contributed by atoms with Crippen molar-refractivity contribution < 1.29 is 19.1 Å². The number of pyridine rings is 1. The molecule has 5 rings (SSSR count). The first-order valence-corrected chi connectivity index (χ1v) is 11.6. The van der Waals surface area contributed by atoms with Crippen LogP contribution in [0.4, 0.5) is 15.9 Å². The molecule has 1 unspecified atom stereocenters. The van der Waals surface area contributed by atoms with E-state index in [2.05, 4.69) is 25.9 Å². The van der Waals surface area contributed by atoms with Crippen molar-refractivity contribution >= 4 is 46.8 Å². The highest BCUT2D eigenvalue weighted by molar-refractivity contribution is 6.31. The summed E-state index contributed by atoms with van der Waals surface area (Å²) in [5.41, 5.74) is 2.79. The molecular formula is C26H20ClFN6O3. The summed E-state index contributed by atoms with van der Waals surface area (Å²) in [5, 5.41) is 18.6. The molecule has 0 aliphatic carbocycles. The van der Waals surface area contributed by atoms with Crippen molar-refractivity contribution in [2.24, 2.45) is 9.98 Å². The van der Waals surface area contributed by atoms with E-state index < -0.39 is 17.9 Å². The zero-order valence-electron chi connectivity index (χ0n) is 19.4. The van der Waals surface area contributed by atoms with Gasteiger partial charge in [0.15, 0.2) is 0 Å². The number of halogens is 2. The Labute approximate surface area is 215 Å². The maximum Gasteiger partial charge on any atom is 0.335 e. The Kier molecular flexibility index (Phi) is 6.41. The van der Waals surface area contributed by atoms with E-state index in [4.69, 9.17) is 16.6 Å².